The SMILES string of the molecule is Cc1cc(C2=NOC(c3cc(C(F)(F)F)cc(Cl)c3F)(C(F)(F)F)C2)ccc1C(=O)N[C@H]1C[C@H](C#N)C1. The van der Waals surface area contributed by atoms with Crippen LogP contribution in [0.25, 0.3) is 0 Å². The lowest BCUT2D eigenvalue weighted by Crippen LogP contribution is -2.44. The number of oxime groups is 1. The van der Waals surface area contributed by atoms with E-state index in [1.165, 1.54) is 25.1 Å². The van der Waals surface area contributed by atoms with Crippen LogP contribution >= 0.6 is 11.6 Å². The highest BCUT2D eigenvalue weighted by Crippen LogP contribution is 2.51. The molecule has 0 saturated heterocycles. The Balaban J connectivity index is 1.63. The maximum Gasteiger partial charge on any atom is 0.435 e. The van der Waals surface area contributed by atoms with Crippen molar-refractivity contribution in [1.82, 2.24) is 5.32 Å². The second kappa shape index (κ2) is 9.20. The van der Waals surface area contributed by atoms with Crippen molar-refractivity contribution in [3.05, 3.63) is 69.0 Å². The molecule has 2 aromatic carbocycles. The van der Waals surface area contributed by atoms with Crippen molar-refractivity contribution >= 4 is 23.2 Å². The average molecular weight is 548 g/mol. The predicted molar refractivity (Wildman–Crippen MR) is 117 cm³/mol. The maximum absolute atomic E-state index is 14.7. The zero-order valence-electron chi connectivity index (χ0n) is 18.9. The number of rotatable bonds is 4. The number of nitrogens with zero attached hydrogens (tertiary/aromatic N) is 2. The fourth-order valence-corrected chi connectivity index (χ4v) is 4.51. The third kappa shape index (κ3) is 4.84. The predicted octanol–water partition coefficient (Wildman–Crippen LogP) is 6.42. The molecule has 1 unspecified atom stereocenters. The summed E-state index contributed by atoms with van der Waals surface area (Å²) in [6.45, 7) is 1.54. The van der Waals surface area contributed by atoms with Crippen LogP contribution in [0, 0.1) is 30.0 Å². The lowest BCUT2D eigenvalue weighted by atomic mass is 9.81. The van der Waals surface area contributed by atoms with Crippen LogP contribution in [0.5, 0.6) is 0 Å². The number of halogens is 8. The molecule has 0 radical (unpaired) electrons. The number of carbonyl (C=O) groups excluding carboxylic acids is 1. The summed E-state index contributed by atoms with van der Waals surface area (Å²) >= 11 is 5.51. The van der Waals surface area contributed by atoms with Crippen LogP contribution < -0.4 is 5.32 Å². The van der Waals surface area contributed by atoms with E-state index in [0.29, 0.717) is 18.4 Å². The largest absolute Gasteiger partial charge is 0.435 e. The van der Waals surface area contributed by atoms with Gasteiger partial charge in [-0.1, -0.05) is 22.8 Å². The molecular weight excluding hydrogens is 531 g/mol. The Bertz CT molecular complexity index is 1330. The van der Waals surface area contributed by atoms with Crippen LogP contribution in [0.3, 0.4) is 0 Å². The lowest BCUT2D eigenvalue weighted by molar-refractivity contribution is -0.276. The number of hydrogen-bond acceptors (Lipinski definition) is 4. The lowest BCUT2D eigenvalue weighted by Gasteiger charge is -2.31. The van der Waals surface area contributed by atoms with Gasteiger partial charge in [0.05, 0.1) is 34.7 Å². The van der Waals surface area contributed by atoms with Gasteiger partial charge in [0.2, 0.25) is 0 Å². The fraction of sp³-hybridized carbons (Fsp3) is 0.375. The van der Waals surface area contributed by atoms with E-state index in [1.54, 1.807) is 0 Å². The van der Waals surface area contributed by atoms with Crippen molar-refractivity contribution in [3.8, 4) is 6.07 Å². The molecule has 5 nitrogen and oxygen atoms in total. The van der Waals surface area contributed by atoms with Crippen LogP contribution in [0.15, 0.2) is 35.5 Å². The van der Waals surface area contributed by atoms with Gasteiger partial charge in [-0.3, -0.25) is 4.79 Å². The molecule has 1 saturated carbocycles. The van der Waals surface area contributed by atoms with Crippen LogP contribution in [0.1, 0.15) is 51.9 Å². The van der Waals surface area contributed by atoms with E-state index in [1.807, 2.05) is 0 Å². The molecule has 2 aliphatic rings. The Morgan fingerprint density at radius 1 is 1.19 bits per heavy atom. The minimum Gasteiger partial charge on any atom is -0.374 e. The first-order chi connectivity index (χ1) is 17.2. The molecule has 196 valence electrons. The Kier molecular flexibility index (Phi) is 6.65. The third-order valence-corrected chi connectivity index (χ3v) is 6.71. The monoisotopic (exact) mass is 547 g/mol. The molecule has 0 bridgehead atoms. The summed E-state index contributed by atoms with van der Waals surface area (Å²) in [7, 11) is 0. The van der Waals surface area contributed by atoms with Crippen molar-refractivity contribution in [2.45, 2.75) is 50.2 Å². The van der Waals surface area contributed by atoms with E-state index in [0.717, 1.165) is 0 Å². The topological polar surface area (TPSA) is 74.5 Å². The highest BCUT2D eigenvalue weighted by molar-refractivity contribution is 6.30. The van der Waals surface area contributed by atoms with Gasteiger partial charge in [-0.05, 0) is 55.2 Å². The van der Waals surface area contributed by atoms with Crippen LogP contribution in [0.4, 0.5) is 30.7 Å². The number of amides is 1. The molecule has 13 heteroatoms. The molecule has 0 spiro atoms. The first-order valence-electron chi connectivity index (χ1n) is 10.9. The zero-order valence-corrected chi connectivity index (χ0v) is 19.7. The van der Waals surface area contributed by atoms with Crippen molar-refractivity contribution in [3.63, 3.8) is 0 Å². The quantitative estimate of drug-likeness (QED) is 0.449. The van der Waals surface area contributed by atoms with Gasteiger partial charge in [-0.15, -0.1) is 0 Å². The number of benzene rings is 2. The van der Waals surface area contributed by atoms with E-state index in [2.05, 4.69) is 21.4 Å². The van der Waals surface area contributed by atoms with Crippen molar-refractivity contribution in [2.24, 2.45) is 11.1 Å². The summed E-state index contributed by atoms with van der Waals surface area (Å²) in [6, 6.07) is 6.19. The second-order valence-corrected chi connectivity index (χ2v) is 9.35. The maximum atomic E-state index is 14.7. The van der Waals surface area contributed by atoms with Crippen molar-refractivity contribution in [2.75, 3.05) is 0 Å². The van der Waals surface area contributed by atoms with Crippen LogP contribution in [-0.2, 0) is 16.6 Å². The molecule has 1 heterocycles. The van der Waals surface area contributed by atoms with Gasteiger partial charge in [0, 0.05) is 17.2 Å². The van der Waals surface area contributed by atoms with Gasteiger partial charge in [0.15, 0.2) is 0 Å². The third-order valence-electron chi connectivity index (χ3n) is 6.44. The van der Waals surface area contributed by atoms with Gasteiger partial charge in [-0.25, -0.2) is 4.39 Å². The second-order valence-electron chi connectivity index (χ2n) is 8.95. The number of hydrogen-bond donors (Lipinski definition) is 1. The van der Waals surface area contributed by atoms with Crippen LogP contribution in [0.2, 0.25) is 5.02 Å². The first kappa shape index (κ1) is 26.7. The molecule has 1 fully saturated rings. The Morgan fingerprint density at radius 3 is 2.43 bits per heavy atom. The Labute approximate surface area is 210 Å². The van der Waals surface area contributed by atoms with Gasteiger partial charge in [-0.2, -0.15) is 31.6 Å². The standard InChI is InChI=1S/C24H17ClF7N3O2/c1-11-4-13(2-3-16(11)21(36)34-15-5-12(6-15)10-33)19-9-22(37-35-19,24(30,31)32)17-7-14(23(27,28)29)8-18(25)20(17)26/h2-4,7-8,12,15H,5-6,9H2,1H3,(H,34,36)/t12-,15-,22?. The van der Waals surface area contributed by atoms with Gasteiger partial charge >= 0.3 is 12.4 Å². The van der Waals surface area contributed by atoms with Gasteiger partial charge in [0.25, 0.3) is 11.5 Å². The summed E-state index contributed by atoms with van der Waals surface area (Å²) in [6.07, 6.45) is -10.6. The smallest absolute Gasteiger partial charge is 0.374 e. The number of nitriles is 1. The summed E-state index contributed by atoms with van der Waals surface area (Å²) in [5.74, 6) is -2.26. The fourth-order valence-electron chi connectivity index (χ4n) is 4.29. The van der Waals surface area contributed by atoms with E-state index >= 15 is 0 Å². The number of carbonyl (C=O) groups is 1. The normalized spacial score (nSPS) is 23.5. The molecule has 1 atom stereocenters. The Morgan fingerprint density at radius 2 is 1.86 bits per heavy atom. The van der Waals surface area contributed by atoms with E-state index in [-0.39, 0.29) is 40.9 Å². The molecule has 1 amide bonds. The molecule has 1 aliphatic heterocycles. The van der Waals surface area contributed by atoms with Gasteiger partial charge < -0.3 is 10.2 Å². The van der Waals surface area contributed by atoms with E-state index in [9.17, 15) is 35.5 Å². The molecule has 2 aromatic rings. The van der Waals surface area contributed by atoms with E-state index < -0.39 is 52.2 Å². The molecule has 1 aliphatic carbocycles. The first-order valence-corrected chi connectivity index (χ1v) is 11.2. The minimum atomic E-state index is -5.37. The average Bonchev–Trinajstić information content (AvgIpc) is 3.23. The number of aryl methyl sites for hydroxylation is 1. The molecular formula is C24H17ClF7N3O2. The number of nitrogens with one attached hydrogen (secondary N) is 1. The highest BCUT2D eigenvalue weighted by atomic mass is 35.5. The van der Waals surface area contributed by atoms with Crippen molar-refractivity contribution < 1.29 is 40.4 Å². The minimum absolute atomic E-state index is 0.0170. The summed E-state index contributed by atoms with van der Waals surface area (Å²) in [5, 5.41) is 13.9. The summed E-state index contributed by atoms with van der Waals surface area (Å²) in [5.41, 5.74) is -6.16. The zero-order chi connectivity index (χ0) is 27.3. The molecule has 0 aromatic heterocycles. The molecule has 4 rings (SSSR count). The summed E-state index contributed by atoms with van der Waals surface area (Å²) in [4.78, 5) is 17.2. The van der Waals surface area contributed by atoms with E-state index in [4.69, 9.17) is 16.9 Å². The Hall–Kier alpha value is -3.33. The molecule has 1 N–H and O–H groups in total. The number of alkyl halides is 6. The van der Waals surface area contributed by atoms with Crippen molar-refractivity contribution in [1.29, 1.82) is 5.26 Å². The highest BCUT2D eigenvalue weighted by Gasteiger charge is 2.64. The molecule has 37 heavy (non-hydrogen) atoms. The van der Waals surface area contributed by atoms with Gasteiger partial charge in [0.1, 0.15) is 5.82 Å². The van der Waals surface area contributed by atoms with Crippen LogP contribution in [-0.4, -0.2) is 23.8 Å². The summed E-state index contributed by atoms with van der Waals surface area (Å²) < 4.78 is 97.1.